The summed E-state index contributed by atoms with van der Waals surface area (Å²) in [5.74, 6) is -1.32. The highest BCUT2D eigenvalue weighted by atomic mass is 19.1. The third kappa shape index (κ3) is 3.85. The summed E-state index contributed by atoms with van der Waals surface area (Å²) in [5.41, 5.74) is -0.728. The Bertz CT molecular complexity index is 781. The molecule has 0 aliphatic carbocycles. The van der Waals surface area contributed by atoms with Crippen LogP contribution in [0.15, 0.2) is 54.6 Å². The number of hydrogen-bond acceptors (Lipinski definition) is 3. The Labute approximate surface area is 145 Å². The maximum atomic E-state index is 13.8. The Morgan fingerprint density at radius 1 is 1.12 bits per heavy atom. The average molecular weight is 342 g/mol. The monoisotopic (exact) mass is 342 g/mol. The molecule has 0 spiro atoms. The van der Waals surface area contributed by atoms with Crippen molar-refractivity contribution in [1.82, 2.24) is 10.2 Å². The van der Waals surface area contributed by atoms with Crippen LogP contribution in [-0.2, 0) is 0 Å². The summed E-state index contributed by atoms with van der Waals surface area (Å²) in [7, 11) is 0. The standard InChI is InChI=1S/C19H19FN2O3/c20-16-9-5-4-8-15(16)18(24)22-11-10-19(25,13-22)12-21-17(23)14-6-2-1-3-7-14/h1-9,25H,10-13H2,(H,21,23). The van der Waals surface area contributed by atoms with Crippen LogP contribution in [0.4, 0.5) is 4.39 Å². The van der Waals surface area contributed by atoms with E-state index in [1.54, 1.807) is 30.3 Å². The zero-order valence-electron chi connectivity index (χ0n) is 13.6. The van der Waals surface area contributed by atoms with Gasteiger partial charge >= 0.3 is 0 Å². The molecule has 2 N–H and O–H groups in total. The second-order valence-corrected chi connectivity index (χ2v) is 6.23. The van der Waals surface area contributed by atoms with E-state index in [-0.39, 0.29) is 24.6 Å². The third-order valence-corrected chi connectivity index (χ3v) is 4.34. The molecule has 6 heteroatoms. The normalized spacial score (nSPS) is 19.7. The van der Waals surface area contributed by atoms with Crippen LogP contribution in [0.5, 0.6) is 0 Å². The largest absolute Gasteiger partial charge is 0.386 e. The van der Waals surface area contributed by atoms with E-state index in [4.69, 9.17) is 0 Å². The van der Waals surface area contributed by atoms with Crippen LogP contribution in [0.3, 0.4) is 0 Å². The molecule has 1 fully saturated rings. The lowest BCUT2D eigenvalue weighted by molar-refractivity contribution is 0.0425. The molecule has 1 aliphatic rings. The highest BCUT2D eigenvalue weighted by molar-refractivity contribution is 5.95. The van der Waals surface area contributed by atoms with Gasteiger partial charge in [-0.05, 0) is 30.7 Å². The van der Waals surface area contributed by atoms with Crippen LogP contribution in [0.1, 0.15) is 27.1 Å². The quantitative estimate of drug-likeness (QED) is 0.891. The van der Waals surface area contributed by atoms with E-state index in [9.17, 15) is 19.1 Å². The van der Waals surface area contributed by atoms with E-state index in [0.29, 0.717) is 18.5 Å². The van der Waals surface area contributed by atoms with Crippen LogP contribution in [0.2, 0.25) is 0 Å². The number of benzene rings is 2. The van der Waals surface area contributed by atoms with Crippen molar-refractivity contribution in [3.8, 4) is 0 Å². The molecule has 2 aromatic rings. The molecule has 130 valence electrons. The van der Waals surface area contributed by atoms with Crippen molar-refractivity contribution >= 4 is 11.8 Å². The maximum absolute atomic E-state index is 13.8. The van der Waals surface area contributed by atoms with Gasteiger partial charge in [0.05, 0.1) is 12.1 Å². The van der Waals surface area contributed by atoms with Crippen molar-refractivity contribution in [2.24, 2.45) is 0 Å². The fourth-order valence-corrected chi connectivity index (χ4v) is 2.92. The molecular formula is C19H19FN2O3. The number of amides is 2. The Morgan fingerprint density at radius 2 is 1.80 bits per heavy atom. The van der Waals surface area contributed by atoms with Gasteiger partial charge in [-0.3, -0.25) is 9.59 Å². The minimum atomic E-state index is -1.22. The number of β-amino-alcohol motifs (C(OH)–C–C–N with tert-alkyl or cyclic N) is 1. The van der Waals surface area contributed by atoms with E-state index >= 15 is 0 Å². The summed E-state index contributed by atoms with van der Waals surface area (Å²) in [6, 6.07) is 14.5. The number of nitrogens with zero attached hydrogens (tertiary/aromatic N) is 1. The van der Waals surface area contributed by atoms with E-state index < -0.39 is 17.3 Å². The summed E-state index contributed by atoms with van der Waals surface area (Å²) < 4.78 is 13.8. The lowest BCUT2D eigenvalue weighted by Gasteiger charge is -2.24. The number of hydrogen-bond donors (Lipinski definition) is 2. The second-order valence-electron chi connectivity index (χ2n) is 6.23. The first-order chi connectivity index (χ1) is 12.0. The maximum Gasteiger partial charge on any atom is 0.256 e. The van der Waals surface area contributed by atoms with Crippen LogP contribution in [0.25, 0.3) is 0 Å². The van der Waals surface area contributed by atoms with Crippen LogP contribution in [0, 0.1) is 5.82 Å². The number of carbonyl (C=O) groups excluding carboxylic acids is 2. The number of likely N-dealkylation sites (tertiary alicyclic amines) is 1. The summed E-state index contributed by atoms with van der Waals surface area (Å²) in [4.78, 5) is 25.9. The first-order valence-corrected chi connectivity index (χ1v) is 8.08. The topological polar surface area (TPSA) is 69.6 Å². The lowest BCUT2D eigenvalue weighted by Crippen LogP contribution is -2.45. The fraction of sp³-hybridized carbons (Fsp3) is 0.263. The van der Waals surface area contributed by atoms with Crippen LogP contribution in [-0.4, -0.2) is 47.1 Å². The Morgan fingerprint density at radius 3 is 2.52 bits per heavy atom. The Balaban J connectivity index is 1.60. The first-order valence-electron chi connectivity index (χ1n) is 8.08. The van der Waals surface area contributed by atoms with Crippen molar-refractivity contribution in [1.29, 1.82) is 0 Å². The molecule has 2 amide bonds. The van der Waals surface area contributed by atoms with E-state index in [1.165, 1.54) is 23.1 Å². The highest BCUT2D eigenvalue weighted by Gasteiger charge is 2.39. The van der Waals surface area contributed by atoms with Gasteiger partial charge in [-0.2, -0.15) is 0 Å². The molecule has 1 aliphatic heterocycles. The zero-order valence-corrected chi connectivity index (χ0v) is 13.6. The number of rotatable bonds is 4. The minimum absolute atomic E-state index is 0.0138. The van der Waals surface area contributed by atoms with Crippen LogP contribution < -0.4 is 5.32 Å². The second kappa shape index (κ2) is 7.03. The van der Waals surface area contributed by atoms with E-state index in [0.717, 1.165) is 0 Å². The average Bonchev–Trinajstić information content (AvgIpc) is 3.03. The van der Waals surface area contributed by atoms with Crippen molar-refractivity contribution in [3.63, 3.8) is 0 Å². The number of nitrogens with one attached hydrogen (secondary N) is 1. The molecule has 0 bridgehead atoms. The molecule has 1 unspecified atom stereocenters. The number of halogens is 1. The predicted octanol–water partition coefficient (Wildman–Crippen LogP) is 1.83. The first kappa shape index (κ1) is 17.1. The molecule has 1 saturated heterocycles. The number of aliphatic hydroxyl groups is 1. The van der Waals surface area contributed by atoms with Crippen molar-refractivity contribution in [3.05, 3.63) is 71.5 Å². The van der Waals surface area contributed by atoms with Crippen molar-refractivity contribution in [2.45, 2.75) is 12.0 Å². The smallest absolute Gasteiger partial charge is 0.256 e. The molecule has 0 aromatic heterocycles. The van der Waals surface area contributed by atoms with E-state index in [2.05, 4.69) is 5.32 Å². The van der Waals surface area contributed by atoms with Gasteiger partial charge in [-0.15, -0.1) is 0 Å². The predicted molar refractivity (Wildman–Crippen MR) is 90.6 cm³/mol. The molecule has 2 aromatic carbocycles. The van der Waals surface area contributed by atoms with Gasteiger partial charge in [0.25, 0.3) is 11.8 Å². The van der Waals surface area contributed by atoms with Gasteiger partial charge in [0.2, 0.25) is 0 Å². The van der Waals surface area contributed by atoms with Crippen molar-refractivity contribution in [2.75, 3.05) is 19.6 Å². The molecular weight excluding hydrogens is 323 g/mol. The van der Waals surface area contributed by atoms with Gasteiger partial charge in [0.1, 0.15) is 11.4 Å². The zero-order chi connectivity index (χ0) is 17.9. The summed E-state index contributed by atoms with van der Waals surface area (Å²) in [6.07, 6.45) is 0.322. The van der Waals surface area contributed by atoms with Gasteiger partial charge in [0, 0.05) is 18.7 Å². The lowest BCUT2D eigenvalue weighted by atomic mass is 10.0. The molecule has 1 atom stereocenters. The van der Waals surface area contributed by atoms with Gasteiger partial charge < -0.3 is 15.3 Å². The molecule has 5 nitrogen and oxygen atoms in total. The van der Waals surface area contributed by atoms with E-state index in [1.807, 2.05) is 6.07 Å². The Kier molecular flexibility index (Phi) is 4.81. The highest BCUT2D eigenvalue weighted by Crippen LogP contribution is 2.23. The molecule has 1 heterocycles. The summed E-state index contributed by atoms with van der Waals surface area (Å²) >= 11 is 0. The molecule has 0 radical (unpaired) electrons. The van der Waals surface area contributed by atoms with Gasteiger partial charge in [-0.1, -0.05) is 30.3 Å². The molecule has 3 rings (SSSR count). The van der Waals surface area contributed by atoms with Crippen molar-refractivity contribution < 1.29 is 19.1 Å². The summed E-state index contributed by atoms with van der Waals surface area (Å²) in [6.45, 7) is 0.391. The third-order valence-electron chi connectivity index (χ3n) is 4.34. The number of carbonyl (C=O) groups is 2. The Hall–Kier alpha value is -2.73. The molecule has 0 saturated carbocycles. The SMILES string of the molecule is O=C(NCC1(O)CCN(C(=O)c2ccccc2F)C1)c1ccccc1. The van der Waals surface area contributed by atoms with Crippen LogP contribution >= 0.6 is 0 Å². The van der Waals surface area contributed by atoms with Gasteiger partial charge in [-0.25, -0.2) is 4.39 Å². The molecule has 25 heavy (non-hydrogen) atoms. The van der Waals surface area contributed by atoms with Gasteiger partial charge in [0.15, 0.2) is 0 Å². The fourth-order valence-electron chi connectivity index (χ4n) is 2.92. The summed E-state index contributed by atoms with van der Waals surface area (Å²) in [5, 5.41) is 13.3. The minimum Gasteiger partial charge on any atom is -0.386 e.